The van der Waals surface area contributed by atoms with Crippen molar-refractivity contribution in [2.24, 2.45) is 0 Å². The molecule has 3 rings (SSSR count). The zero-order valence-electron chi connectivity index (χ0n) is 14.6. The number of phosphoric ester groups is 1. The van der Waals surface area contributed by atoms with Crippen LogP contribution in [0.2, 0.25) is 0 Å². The van der Waals surface area contributed by atoms with Gasteiger partial charge in [-0.05, 0) is 23.8 Å². The SMILES string of the molecule is O=[N+]([O-])C1(OP(=O)([O-])Oc2ccccc2)CC=CC=C1c1ccccc1.[Na+]. The quantitative estimate of drug-likeness (QED) is 0.233. The largest absolute Gasteiger partial charge is 1.00 e. The normalized spacial score (nSPS) is 20.7. The third-order valence-electron chi connectivity index (χ3n) is 3.82. The van der Waals surface area contributed by atoms with Crippen LogP contribution < -0.4 is 39.0 Å². The van der Waals surface area contributed by atoms with Crippen molar-refractivity contribution in [3.8, 4) is 5.75 Å². The summed E-state index contributed by atoms with van der Waals surface area (Å²) in [6.07, 6.45) is 4.34. The first kappa shape index (κ1) is 21.6. The summed E-state index contributed by atoms with van der Waals surface area (Å²) in [5, 5.41) is 11.9. The van der Waals surface area contributed by atoms with Gasteiger partial charge in [-0.3, -0.25) is 14.7 Å². The monoisotopic (exact) mass is 395 g/mol. The van der Waals surface area contributed by atoms with Gasteiger partial charge in [-0.2, -0.15) is 0 Å². The molecule has 2 aromatic rings. The van der Waals surface area contributed by atoms with Gasteiger partial charge in [-0.1, -0.05) is 60.7 Å². The van der Waals surface area contributed by atoms with Gasteiger partial charge in [0.25, 0.3) is 0 Å². The molecule has 0 aromatic heterocycles. The Balaban J connectivity index is 0.00000261. The predicted molar refractivity (Wildman–Crippen MR) is 93.7 cm³/mol. The van der Waals surface area contributed by atoms with Crippen LogP contribution in [0.3, 0.4) is 0 Å². The second kappa shape index (κ2) is 8.97. The molecule has 0 amide bonds. The summed E-state index contributed by atoms with van der Waals surface area (Å²) in [5.74, 6) is 0.0147. The molecule has 134 valence electrons. The van der Waals surface area contributed by atoms with Gasteiger partial charge in [0.1, 0.15) is 5.75 Å². The average Bonchev–Trinajstić information content (AvgIpc) is 2.63. The molecule has 0 N–H and O–H groups in total. The van der Waals surface area contributed by atoms with E-state index in [0.717, 1.165) is 0 Å². The second-order valence-corrected chi connectivity index (χ2v) is 6.82. The molecule has 1 aliphatic carbocycles. The van der Waals surface area contributed by atoms with E-state index >= 15 is 0 Å². The molecule has 0 saturated heterocycles. The van der Waals surface area contributed by atoms with E-state index in [1.807, 2.05) is 0 Å². The van der Waals surface area contributed by atoms with Crippen LogP contribution in [0.15, 0.2) is 78.9 Å². The molecule has 0 fully saturated rings. The Morgan fingerprint density at radius 1 is 1.04 bits per heavy atom. The minimum atomic E-state index is -5.03. The Morgan fingerprint density at radius 3 is 2.22 bits per heavy atom. The molecule has 0 bridgehead atoms. The minimum absolute atomic E-state index is 0. The zero-order chi connectivity index (χ0) is 18.6. The third kappa shape index (κ3) is 4.96. The number of hydrogen-bond donors (Lipinski definition) is 0. The average molecular weight is 395 g/mol. The number of hydrogen-bond acceptors (Lipinski definition) is 6. The summed E-state index contributed by atoms with van der Waals surface area (Å²) >= 11 is 0. The molecule has 2 unspecified atom stereocenters. The zero-order valence-corrected chi connectivity index (χ0v) is 17.5. The van der Waals surface area contributed by atoms with Crippen molar-refractivity contribution in [3.63, 3.8) is 0 Å². The maximum Gasteiger partial charge on any atom is 1.00 e. The molecule has 9 heteroatoms. The molecule has 0 spiro atoms. The molecule has 2 aromatic carbocycles. The first-order valence-corrected chi connectivity index (χ1v) is 9.23. The smallest absolute Gasteiger partial charge is 0.746 e. The first-order valence-electron chi connectivity index (χ1n) is 7.77. The van der Waals surface area contributed by atoms with Gasteiger partial charge in [0.2, 0.25) is 0 Å². The second-order valence-electron chi connectivity index (χ2n) is 5.56. The Kier molecular flexibility index (Phi) is 7.17. The molecular weight excluding hydrogens is 380 g/mol. The standard InChI is InChI=1S/C18H16NO6P.Na/c20-19(21)18(25-26(22,23)24-16-11-5-2-6-12-16)14-8-7-13-17(18)15-9-3-1-4-10-15;/h1-13H,14H2,(H,22,23);/q;+1/p-1. The van der Waals surface area contributed by atoms with Crippen molar-refractivity contribution in [2.45, 2.75) is 12.1 Å². The van der Waals surface area contributed by atoms with Crippen LogP contribution in [0.5, 0.6) is 5.75 Å². The summed E-state index contributed by atoms with van der Waals surface area (Å²) in [5.41, 5.74) is -1.66. The van der Waals surface area contributed by atoms with Gasteiger partial charge < -0.3 is 9.42 Å². The maximum absolute atomic E-state index is 12.4. The molecule has 0 radical (unpaired) electrons. The molecule has 0 heterocycles. The molecule has 7 nitrogen and oxygen atoms in total. The van der Waals surface area contributed by atoms with Crippen molar-refractivity contribution in [2.75, 3.05) is 0 Å². The van der Waals surface area contributed by atoms with E-state index in [4.69, 9.17) is 9.05 Å². The number of allylic oxidation sites excluding steroid dienone is 2. The molecule has 2 atom stereocenters. The molecule has 0 saturated carbocycles. The van der Waals surface area contributed by atoms with Crippen LogP contribution in [-0.4, -0.2) is 10.6 Å². The maximum atomic E-state index is 12.4. The molecule has 27 heavy (non-hydrogen) atoms. The van der Waals surface area contributed by atoms with Gasteiger partial charge in [-0.25, -0.2) is 4.52 Å². The van der Waals surface area contributed by atoms with E-state index in [1.165, 1.54) is 24.3 Å². The fourth-order valence-corrected chi connectivity index (χ4v) is 3.71. The topological polar surface area (TPSA) is 102 Å². The number of benzene rings is 2. The first-order chi connectivity index (χ1) is 12.4. The third-order valence-corrected chi connectivity index (χ3v) is 4.78. The number of nitro groups is 1. The van der Waals surface area contributed by atoms with E-state index in [2.05, 4.69) is 0 Å². The summed E-state index contributed by atoms with van der Waals surface area (Å²) < 4.78 is 22.3. The summed E-state index contributed by atoms with van der Waals surface area (Å²) in [6.45, 7) is 0. The van der Waals surface area contributed by atoms with Gasteiger partial charge in [-0.15, -0.1) is 0 Å². The predicted octanol–water partition coefficient (Wildman–Crippen LogP) is 0.571. The minimum Gasteiger partial charge on any atom is -0.746 e. The van der Waals surface area contributed by atoms with Gasteiger partial charge in [0.15, 0.2) is 0 Å². The van der Waals surface area contributed by atoms with Gasteiger partial charge in [0.05, 0.1) is 16.9 Å². The molecule has 0 aliphatic heterocycles. The number of phosphoric acid groups is 1. The van der Waals surface area contributed by atoms with Crippen molar-refractivity contribution in [3.05, 3.63) is 94.6 Å². The molecular formula is C18H15NNaO6P. The van der Waals surface area contributed by atoms with Gasteiger partial charge >= 0.3 is 43.1 Å². The van der Waals surface area contributed by atoms with Crippen LogP contribution in [0.4, 0.5) is 0 Å². The van der Waals surface area contributed by atoms with E-state index in [9.17, 15) is 19.6 Å². The van der Waals surface area contributed by atoms with E-state index in [-0.39, 0.29) is 47.3 Å². The Labute approximate surface area is 178 Å². The molecule has 1 aliphatic rings. The van der Waals surface area contributed by atoms with Gasteiger partial charge in [0, 0.05) is 0 Å². The number of rotatable bonds is 6. The van der Waals surface area contributed by atoms with Crippen LogP contribution in [0.1, 0.15) is 12.0 Å². The van der Waals surface area contributed by atoms with E-state index in [1.54, 1.807) is 54.6 Å². The van der Waals surface area contributed by atoms with Crippen molar-refractivity contribution in [1.29, 1.82) is 0 Å². The Morgan fingerprint density at radius 2 is 1.63 bits per heavy atom. The van der Waals surface area contributed by atoms with Crippen LogP contribution >= 0.6 is 7.82 Å². The van der Waals surface area contributed by atoms with Crippen LogP contribution in [0.25, 0.3) is 5.57 Å². The van der Waals surface area contributed by atoms with Crippen LogP contribution in [-0.2, 0) is 9.09 Å². The fraction of sp³-hybridized carbons (Fsp3) is 0.111. The van der Waals surface area contributed by atoms with E-state index in [0.29, 0.717) is 5.56 Å². The Bertz CT molecular complexity index is 903. The Hall–Kier alpha value is -1.73. The van der Waals surface area contributed by atoms with Crippen molar-refractivity contribution in [1.82, 2.24) is 0 Å². The fourth-order valence-electron chi connectivity index (χ4n) is 2.68. The number of nitrogens with zero attached hydrogens (tertiary/aromatic N) is 1. The van der Waals surface area contributed by atoms with E-state index < -0.39 is 18.5 Å². The van der Waals surface area contributed by atoms with Crippen molar-refractivity contribution < 1.29 is 53.0 Å². The summed E-state index contributed by atoms with van der Waals surface area (Å²) in [6, 6.07) is 16.2. The van der Waals surface area contributed by atoms with Crippen molar-refractivity contribution >= 4 is 13.4 Å². The summed E-state index contributed by atoms with van der Waals surface area (Å²) in [4.78, 5) is 23.5. The number of para-hydroxylation sites is 1. The summed E-state index contributed by atoms with van der Waals surface area (Å²) in [7, 11) is -5.03. The van der Waals surface area contributed by atoms with Crippen LogP contribution in [0, 0.1) is 10.1 Å².